The predicted octanol–water partition coefficient (Wildman–Crippen LogP) is 3.22. The Bertz CT molecular complexity index is 863. The number of amides is 1. The molecule has 1 saturated heterocycles. The molecule has 1 amide bonds. The smallest absolute Gasteiger partial charge is 0.435 e. The van der Waals surface area contributed by atoms with Gasteiger partial charge in [-0.25, -0.2) is 4.68 Å². The molecule has 1 aromatic heterocycles. The van der Waals surface area contributed by atoms with Gasteiger partial charge in [-0.15, -0.1) is 0 Å². The van der Waals surface area contributed by atoms with Crippen molar-refractivity contribution in [2.45, 2.75) is 32.0 Å². The topological polar surface area (TPSA) is 75.4 Å². The Morgan fingerprint density at radius 3 is 2.59 bits per heavy atom. The van der Waals surface area contributed by atoms with E-state index in [1.54, 1.807) is 18.2 Å². The van der Waals surface area contributed by atoms with Crippen LogP contribution in [-0.4, -0.2) is 44.3 Å². The number of benzene rings is 1. The number of carboxylic acids is 1. The molecule has 0 saturated carbocycles. The number of hydrogen-bond acceptors (Lipinski definition) is 3. The molecule has 1 aliphatic rings. The van der Waals surface area contributed by atoms with Crippen LogP contribution < -0.4 is 0 Å². The van der Waals surface area contributed by atoms with Gasteiger partial charge >= 0.3 is 12.1 Å². The van der Waals surface area contributed by atoms with E-state index in [4.69, 9.17) is 0 Å². The number of aliphatic carboxylic acids is 1. The molecule has 6 nitrogen and oxygen atoms in total. The molecule has 0 bridgehead atoms. The first kappa shape index (κ1) is 18.9. The fraction of sp³-hybridized carbons (Fsp3) is 0.389. The molecule has 0 spiro atoms. The summed E-state index contributed by atoms with van der Waals surface area (Å²) in [7, 11) is 0. The zero-order chi connectivity index (χ0) is 19.8. The van der Waals surface area contributed by atoms with Crippen molar-refractivity contribution < 1.29 is 27.9 Å². The maximum absolute atomic E-state index is 12.8. The molecule has 144 valence electrons. The predicted molar refractivity (Wildman–Crippen MR) is 89.4 cm³/mol. The van der Waals surface area contributed by atoms with Gasteiger partial charge in [0.15, 0.2) is 5.69 Å². The molecule has 2 heterocycles. The quantitative estimate of drug-likeness (QED) is 0.886. The number of nitrogens with zero attached hydrogens (tertiary/aromatic N) is 3. The molecule has 1 aliphatic heterocycles. The van der Waals surface area contributed by atoms with Gasteiger partial charge in [-0.05, 0) is 44.0 Å². The van der Waals surface area contributed by atoms with Gasteiger partial charge in [0.2, 0.25) is 0 Å². The van der Waals surface area contributed by atoms with Crippen molar-refractivity contribution in [1.82, 2.24) is 14.7 Å². The van der Waals surface area contributed by atoms with Crippen LogP contribution >= 0.6 is 0 Å². The Morgan fingerprint density at radius 2 is 1.96 bits per heavy atom. The third-order valence-electron chi connectivity index (χ3n) is 4.73. The van der Waals surface area contributed by atoms with Crippen molar-refractivity contribution in [3.63, 3.8) is 0 Å². The number of halogens is 3. The number of carbonyl (C=O) groups excluding carboxylic acids is 1. The SMILES string of the molecule is CC1CCC(C(=O)O)CN1C(=O)c1cccc(-n2ccc(C(F)(F)F)n2)c1. The molecule has 1 fully saturated rings. The lowest BCUT2D eigenvalue weighted by atomic mass is 9.93. The fourth-order valence-electron chi connectivity index (χ4n) is 3.16. The second-order valence-corrected chi connectivity index (χ2v) is 6.61. The Hall–Kier alpha value is -2.84. The third kappa shape index (κ3) is 3.96. The van der Waals surface area contributed by atoms with Crippen LogP contribution in [0.1, 0.15) is 35.8 Å². The van der Waals surface area contributed by atoms with E-state index in [-0.39, 0.29) is 24.1 Å². The van der Waals surface area contributed by atoms with E-state index in [0.29, 0.717) is 18.5 Å². The van der Waals surface area contributed by atoms with Crippen molar-refractivity contribution >= 4 is 11.9 Å². The number of hydrogen-bond donors (Lipinski definition) is 1. The molecule has 27 heavy (non-hydrogen) atoms. The summed E-state index contributed by atoms with van der Waals surface area (Å²) in [4.78, 5) is 25.6. The Balaban J connectivity index is 1.85. The van der Waals surface area contributed by atoms with Gasteiger partial charge < -0.3 is 10.0 Å². The summed E-state index contributed by atoms with van der Waals surface area (Å²) >= 11 is 0. The minimum absolute atomic E-state index is 0.111. The van der Waals surface area contributed by atoms with Crippen LogP contribution in [0.3, 0.4) is 0 Å². The summed E-state index contributed by atoms with van der Waals surface area (Å²) in [6.07, 6.45) is -2.28. The zero-order valence-corrected chi connectivity index (χ0v) is 14.5. The van der Waals surface area contributed by atoms with Crippen LogP contribution in [0, 0.1) is 5.92 Å². The van der Waals surface area contributed by atoms with E-state index in [1.807, 2.05) is 6.92 Å². The van der Waals surface area contributed by atoms with E-state index >= 15 is 0 Å². The first-order chi connectivity index (χ1) is 12.7. The van der Waals surface area contributed by atoms with Gasteiger partial charge in [0, 0.05) is 24.3 Å². The minimum atomic E-state index is -4.55. The summed E-state index contributed by atoms with van der Waals surface area (Å²) < 4.78 is 39.2. The zero-order valence-electron chi connectivity index (χ0n) is 14.5. The first-order valence-corrected chi connectivity index (χ1v) is 8.44. The lowest BCUT2D eigenvalue weighted by Gasteiger charge is -2.36. The maximum atomic E-state index is 12.8. The number of carbonyl (C=O) groups is 2. The van der Waals surface area contributed by atoms with Crippen molar-refractivity contribution in [1.29, 1.82) is 0 Å². The van der Waals surface area contributed by atoms with Gasteiger partial charge in [-0.3, -0.25) is 9.59 Å². The van der Waals surface area contributed by atoms with Crippen LogP contribution in [0.25, 0.3) is 5.69 Å². The van der Waals surface area contributed by atoms with E-state index in [2.05, 4.69) is 5.10 Å². The molecule has 1 aromatic carbocycles. The van der Waals surface area contributed by atoms with E-state index in [9.17, 15) is 27.9 Å². The average Bonchev–Trinajstić information content (AvgIpc) is 3.12. The minimum Gasteiger partial charge on any atom is -0.481 e. The Morgan fingerprint density at radius 1 is 1.22 bits per heavy atom. The Kier molecular flexibility index (Phi) is 4.95. The highest BCUT2D eigenvalue weighted by molar-refractivity contribution is 5.95. The van der Waals surface area contributed by atoms with Crippen LogP contribution in [0.4, 0.5) is 13.2 Å². The molecule has 1 N–H and O–H groups in total. The van der Waals surface area contributed by atoms with Gasteiger partial charge in [-0.2, -0.15) is 18.3 Å². The van der Waals surface area contributed by atoms with Gasteiger partial charge in [0.1, 0.15) is 0 Å². The normalized spacial score (nSPS) is 20.5. The van der Waals surface area contributed by atoms with Crippen molar-refractivity contribution in [3.8, 4) is 5.69 Å². The molecule has 3 rings (SSSR count). The Labute approximate surface area is 153 Å². The van der Waals surface area contributed by atoms with E-state index < -0.39 is 23.8 Å². The number of piperidine rings is 1. The van der Waals surface area contributed by atoms with Crippen molar-refractivity contribution in [2.24, 2.45) is 5.92 Å². The molecular formula is C18H18F3N3O3. The van der Waals surface area contributed by atoms with E-state index in [0.717, 1.165) is 10.7 Å². The fourth-order valence-corrected chi connectivity index (χ4v) is 3.16. The van der Waals surface area contributed by atoms with Crippen LogP contribution in [0.2, 0.25) is 0 Å². The molecule has 0 radical (unpaired) electrons. The second kappa shape index (κ2) is 7.05. The lowest BCUT2D eigenvalue weighted by Crippen LogP contribution is -2.47. The number of aromatic nitrogens is 2. The highest BCUT2D eigenvalue weighted by Crippen LogP contribution is 2.28. The number of rotatable bonds is 3. The van der Waals surface area contributed by atoms with Crippen LogP contribution in [0.15, 0.2) is 36.5 Å². The largest absolute Gasteiger partial charge is 0.481 e. The summed E-state index contributed by atoms with van der Waals surface area (Å²) in [5.41, 5.74) is -0.432. The van der Waals surface area contributed by atoms with Gasteiger partial charge in [0.05, 0.1) is 11.6 Å². The number of carboxylic acid groups (broad SMARTS) is 1. The van der Waals surface area contributed by atoms with Crippen LogP contribution in [-0.2, 0) is 11.0 Å². The molecule has 9 heteroatoms. The molecule has 2 unspecified atom stereocenters. The summed E-state index contributed by atoms with van der Waals surface area (Å²) in [5.74, 6) is -1.91. The summed E-state index contributed by atoms with van der Waals surface area (Å²) in [6, 6.07) is 6.85. The first-order valence-electron chi connectivity index (χ1n) is 8.44. The highest BCUT2D eigenvalue weighted by Gasteiger charge is 2.34. The molecule has 0 aliphatic carbocycles. The van der Waals surface area contributed by atoms with E-state index in [1.165, 1.54) is 17.2 Å². The van der Waals surface area contributed by atoms with Crippen molar-refractivity contribution in [3.05, 3.63) is 47.8 Å². The standard InChI is InChI=1S/C18H18F3N3O3/c1-11-5-6-13(17(26)27)10-23(11)16(25)12-3-2-4-14(9-12)24-8-7-15(22-24)18(19,20)21/h2-4,7-9,11,13H,5-6,10H2,1H3,(H,26,27). The monoisotopic (exact) mass is 381 g/mol. The molecule has 2 aromatic rings. The lowest BCUT2D eigenvalue weighted by molar-refractivity contribution is -0.143. The average molecular weight is 381 g/mol. The summed E-state index contributed by atoms with van der Waals surface area (Å²) in [5, 5.41) is 12.7. The summed E-state index contributed by atoms with van der Waals surface area (Å²) in [6.45, 7) is 1.96. The van der Waals surface area contributed by atoms with Gasteiger partial charge in [0.25, 0.3) is 5.91 Å². The third-order valence-corrected chi connectivity index (χ3v) is 4.73. The molecular weight excluding hydrogens is 363 g/mol. The maximum Gasteiger partial charge on any atom is 0.435 e. The second-order valence-electron chi connectivity index (χ2n) is 6.61. The van der Waals surface area contributed by atoms with Gasteiger partial charge in [-0.1, -0.05) is 6.07 Å². The number of alkyl halides is 3. The highest BCUT2D eigenvalue weighted by atomic mass is 19.4. The van der Waals surface area contributed by atoms with Crippen LogP contribution in [0.5, 0.6) is 0 Å². The number of likely N-dealkylation sites (tertiary alicyclic amines) is 1. The molecule has 2 atom stereocenters. The van der Waals surface area contributed by atoms with Crippen molar-refractivity contribution in [2.75, 3.05) is 6.54 Å².